The van der Waals surface area contributed by atoms with Crippen molar-refractivity contribution >= 4 is 11.6 Å². The maximum atomic E-state index is 9.10. The molecule has 0 bridgehead atoms. The van der Waals surface area contributed by atoms with Gasteiger partial charge in [-0.25, -0.2) is 0 Å². The minimum Gasteiger partial charge on any atom is -0.395 e. The number of hydrogen-bond donors (Lipinski definition) is 2. The smallest absolute Gasteiger partial charge is 0.0584 e. The third-order valence-electron chi connectivity index (χ3n) is 2.69. The third-order valence-corrected chi connectivity index (χ3v) is 2.94. The van der Waals surface area contributed by atoms with Gasteiger partial charge in [-0.05, 0) is 37.5 Å². The van der Waals surface area contributed by atoms with Crippen LogP contribution in [0.1, 0.15) is 25.8 Å². The van der Waals surface area contributed by atoms with E-state index in [-0.39, 0.29) is 12.6 Å². The zero-order valence-corrected chi connectivity index (χ0v) is 10.7. The Morgan fingerprint density at radius 3 is 2.44 bits per heavy atom. The topological polar surface area (TPSA) is 32.3 Å². The normalized spacial score (nSPS) is 14.8. The van der Waals surface area contributed by atoms with E-state index in [1.54, 1.807) is 0 Å². The zero-order chi connectivity index (χ0) is 12.0. The molecule has 0 aliphatic heterocycles. The standard InChI is InChI=1S/C13H20ClNO/c1-3-13(9-16)15-10(2)8-11-4-6-12(14)7-5-11/h4-7,10,13,15-16H,3,8-9H2,1-2H3/t10?,13-/m1/s1. The van der Waals surface area contributed by atoms with Gasteiger partial charge < -0.3 is 10.4 Å². The lowest BCUT2D eigenvalue weighted by atomic mass is 10.1. The molecule has 0 spiro atoms. The van der Waals surface area contributed by atoms with Crippen LogP contribution in [0, 0.1) is 0 Å². The quantitative estimate of drug-likeness (QED) is 0.803. The largest absolute Gasteiger partial charge is 0.395 e. The molecule has 2 N–H and O–H groups in total. The van der Waals surface area contributed by atoms with Gasteiger partial charge in [0, 0.05) is 17.1 Å². The second-order valence-electron chi connectivity index (χ2n) is 4.19. The van der Waals surface area contributed by atoms with Gasteiger partial charge in [-0.15, -0.1) is 0 Å². The third kappa shape index (κ3) is 4.52. The number of aliphatic hydroxyl groups is 1. The average Bonchev–Trinajstić information content (AvgIpc) is 2.29. The number of hydrogen-bond acceptors (Lipinski definition) is 2. The highest BCUT2D eigenvalue weighted by Crippen LogP contribution is 2.11. The monoisotopic (exact) mass is 241 g/mol. The lowest BCUT2D eigenvalue weighted by Gasteiger charge is -2.20. The van der Waals surface area contributed by atoms with E-state index in [0.717, 1.165) is 17.9 Å². The molecule has 1 aromatic carbocycles. The fourth-order valence-corrected chi connectivity index (χ4v) is 1.86. The molecular formula is C13H20ClNO. The molecule has 90 valence electrons. The van der Waals surface area contributed by atoms with Gasteiger partial charge in [0.1, 0.15) is 0 Å². The fraction of sp³-hybridized carbons (Fsp3) is 0.538. The predicted molar refractivity (Wildman–Crippen MR) is 68.9 cm³/mol. The highest BCUT2D eigenvalue weighted by atomic mass is 35.5. The van der Waals surface area contributed by atoms with Crippen molar-refractivity contribution in [3.63, 3.8) is 0 Å². The average molecular weight is 242 g/mol. The Morgan fingerprint density at radius 1 is 1.31 bits per heavy atom. The molecule has 0 aromatic heterocycles. The molecule has 16 heavy (non-hydrogen) atoms. The van der Waals surface area contributed by atoms with Gasteiger partial charge in [0.2, 0.25) is 0 Å². The van der Waals surface area contributed by atoms with E-state index in [1.807, 2.05) is 24.3 Å². The van der Waals surface area contributed by atoms with Crippen molar-refractivity contribution in [2.75, 3.05) is 6.61 Å². The Morgan fingerprint density at radius 2 is 1.94 bits per heavy atom. The summed E-state index contributed by atoms with van der Waals surface area (Å²) in [6.07, 6.45) is 1.90. The van der Waals surface area contributed by atoms with E-state index < -0.39 is 0 Å². The molecule has 2 atom stereocenters. The van der Waals surface area contributed by atoms with Crippen molar-refractivity contribution in [2.45, 2.75) is 38.8 Å². The van der Waals surface area contributed by atoms with Crippen LogP contribution in [-0.4, -0.2) is 23.8 Å². The minimum absolute atomic E-state index is 0.196. The van der Waals surface area contributed by atoms with Gasteiger partial charge in [0.25, 0.3) is 0 Å². The van der Waals surface area contributed by atoms with E-state index in [4.69, 9.17) is 16.7 Å². The van der Waals surface area contributed by atoms with E-state index in [1.165, 1.54) is 5.56 Å². The van der Waals surface area contributed by atoms with Crippen molar-refractivity contribution in [2.24, 2.45) is 0 Å². The summed E-state index contributed by atoms with van der Waals surface area (Å²) in [5.74, 6) is 0. The SMILES string of the molecule is CC[C@H](CO)NC(C)Cc1ccc(Cl)cc1. The van der Waals surface area contributed by atoms with Crippen LogP contribution < -0.4 is 5.32 Å². The van der Waals surface area contributed by atoms with Gasteiger partial charge in [0.05, 0.1) is 6.61 Å². The predicted octanol–water partition coefficient (Wildman–Crippen LogP) is 2.63. The van der Waals surface area contributed by atoms with Crippen molar-refractivity contribution in [1.82, 2.24) is 5.32 Å². The van der Waals surface area contributed by atoms with Crippen molar-refractivity contribution in [3.05, 3.63) is 34.9 Å². The second-order valence-corrected chi connectivity index (χ2v) is 4.62. The molecule has 0 radical (unpaired) electrons. The first-order chi connectivity index (χ1) is 7.65. The van der Waals surface area contributed by atoms with E-state index >= 15 is 0 Å². The van der Waals surface area contributed by atoms with Crippen LogP contribution >= 0.6 is 11.6 Å². The number of halogens is 1. The molecule has 0 fully saturated rings. The summed E-state index contributed by atoms with van der Waals surface area (Å²) in [5, 5.41) is 13.3. The van der Waals surface area contributed by atoms with Crippen LogP contribution in [0.25, 0.3) is 0 Å². The molecule has 0 amide bonds. The van der Waals surface area contributed by atoms with E-state index in [9.17, 15) is 0 Å². The van der Waals surface area contributed by atoms with E-state index in [0.29, 0.717) is 6.04 Å². The van der Waals surface area contributed by atoms with Crippen LogP contribution in [0.4, 0.5) is 0 Å². The van der Waals surface area contributed by atoms with Crippen molar-refractivity contribution in [3.8, 4) is 0 Å². The number of nitrogens with one attached hydrogen (secondary N) is 1. The molecule has 1 rings (SSSR count). The van der Waals surface area contributed by atoms with Crippen LogP contribution in [0.5, 0.6) is 0 Å². The number of benzene rings is 1. The number of aliphatic hydroxyl groups excluding tert-OH is 1. The van der Waals surface area contributed by atoms with Crippen molar-refractivity contribution < 1.29 is 5.11 Å². The molecule has 3 heteroatoms. The van der Waals surface area contributed by atoms with Crippen LogP contribution in [0.15, 0.2) is 24.3 Å². The lowest BCUT2D eigenvalue weighted by Crippen LogP contribution is -2.39. The highest BCUT2D eigenvalue weighted by Gasteiger charge is 2.09. The molecule has 0 aliphatic carbocycles. The first-order valence-corrected chi connectivity index (χ1v) is 6.14. The molecule has 0 heterocycles. The number of rotatable bonds is 6. The van der Waals surface area contributed by atoms with Crippen LogP contribution in [0.2, 0.25) is 5.02 Å². The van der Waals surface area contributed by atoms with Crippen molar-refractivity contribution in [1.29, 1.82) is 0 Å². The summed E-state index contributed by atoms with van der Waals surface area (Å²) >= 11 is 5.83. The van der Waals surface area contributed by atoms with E-state index in [2.05, 4.69) is 19.2 Å². The first-order valence-electron chi connectivity index (χ1n) is 5.77. The van der Waals surface area contributed by atoms with Gasteiger partial charge >= 0.3 is 0 Å². The zero-order valence-electron chi connectivity index (χ0n) is 9.91. The molecular weight excluding hydrogens is 222 g/mol. The van der Waals surface area contributed by atoms with Gasteiger partial charge in [-0.1, -0.05) is 30.7 Å². The lowest BCUT2D eigenvalue weighted by molar-refractivity contribution is 0.229. The van der Waals surface area contributed by atoms with Gasteiger partial charge in [-0.2, -0.15) is 0 Å². The minimum atomic E-state index is 0.196. The molecule has 2 nitrogen and oxygen atoms in total. The van der Waals surface area contributed by atoms with Crippen LogP contribution in [-0.2, 0) is 6.42 Å². The first kappa shape index (κ1) is 13.5. The maximum Gasteiger partial charge on any atom is 0.0584 e. The maximum absolute atomic E-state index is 9.10. The summed E-state index contributed by atoms with van der Waals surface area (Å²) in [6.45, 7) is 4.40. The molecule has 1 unspecified atom stereocenters. The summed E-state index contributed by atoms with van der Waals surface area (Å²) in [5.41, 5.74) is 1.26. The Hall–Kier alpha value is -0.570. The Balaban J connectivity index is 2.44. The summed E-state index contributed by atoms with van der Waals surface area (Å²) in [7, 11) is 0. The Bertz CT molecular complexity index is 295. The molecule has 1 aromatic rings. The highest BCUT2D eigenvalue weighted by molar-refractivity contribution is 6.30. The molecule has 0 aliphatic rings. The van der Waals surface area contributed by atoms with Crippen LogP contribution in [0.3, 0.4) is 0 Å². The van der Waals surface area contributed by atoms with Gasteiger partial charge in [-0.3, -0.25) is 0 Å². The van der Waals surface area contributed by atoms with Gasteiger partial charge in [0.15, 0.2) is 0 Å². The fourth-order valence-electron chi connectivity index (χ4n) is 1.73. The molecule has 0 saturated heterocycles. The Kier molecular flexibility index (Phi) is 5.81. The second kappa shape index (κ2) is 6.89. The summed E-state index contributed by atoms with van der Waals surface area (Å²) in [6, 6.07) is 8.46. The Labute approximate surface area is 103 Å². The summed E-state index contributed by atoms with van der Waals surface area (Å²) in [4.78, 5) is 0. The molecule has 0 saturated carbocycles. The summed E-state index contributed by atoms with van der Waals surface area (Å²) < 4.78 is 0.